The van der Waals surface area contributed by atoms with Crippen LogP contribution in [0, 0.1) is 5.92 Å². The van der Waals surface area contributed by atoms with Crippen molar-refractivity contribution in [2.75, 3.05) is 24.0 Å². The Labute approximate surface area is 118 Å². The van der Waals surface area contributed by atoms with Crippen molar-refractivity contribution in [1.29, 1.82) is 0 Å². The van der Waals surface area contributed by atoms with Gasteiger partial charge in [-0.1, -0.05) is 13.8 Å². The van der Waals surface area contributed by atoms with E-state index >= 15 is 0 Å². The van der Waals surface area contributed by atoms with E-state index in [1.807, 2.05) is 6.92 Å². The molecule has 1 unspecified atom stereocenters. The van der Waals surface area contributed by atoms with Gasteiger partial charge in [-0.05, 0) is 36.5 Å². The zero-order valence-corrected chi connectivity index (χ0v) is 12.5. The van der Waals surface area contributed by atoms with Crippen LogP contribution in [0.4, 0.5) is 5.82 Å². The molecule has 0 aliphatic heterocycles. The lowest BCUT2D eigenvalue weighted by Gasteiger charge is -2.12. The third-order valence-electron chi connectivity index (χ3n) is 2.71. The maximum Gasteiger partial charge on any atom is 0.251 e. The number of carbonyl (C=O) groups excluding carboxylic acids is 1. The number of aromatic nitrogens is 1. The monoisotopic (exact) mass is 282 g/mol. The van der Waals surface area contributed by atoms with Gasteiger partial charge in [-0.3, -0.25) is 4.79 Å². The number of aryl methyl sites for hydroxylation is 1. The normalized spacial score (nSPS) is 12.0. The minimum Gasteiger partial charge on any atom is -0.352 e. The third-order valence-corrected chi connectivity index (χ3v) is 3.62. The molecule has 0 bridgehead atoms. The van der Waals surface area contributed by atoms with Gasteiger partial charge in [-0.15, -0.1) is 0 Å². The summed E-state index contributed by atoms with van der Waals surface area (Å²) in [5, 5.41) is 2.94. The van der Waals surface area contributed by atoms with Crippen molar-refractivity contribution in [2.24, 2.45) is 11.8 Å². The second kappa shape index (κ2) is 8.01. The average Bonchev–Trinajstić information content (AvgIpc) is 2.44. The van der Waals surface area contributed by atoms with Gasteiger partial charge in [-0.25, -0.2) is 10.8 Å². The van der Waals surface area contributed by atoms with Crippen LogP contribution in [0.25, 0.3) is 0 Å². The summed E-state index contributed by atoms with van der Waals surface area (Å²) in [4.78, 5) is 16.3. The van der Waals surface area contributed by atoms with E-state index in [1.165, 1.54) is 0 Å². The minimum atomic E-state index is -0.0819. The van der Waals surface area contributed by atoms with Crippen LogP contribution in [-0.2, 0) is 6.42 Å². The summed E-state index contributed by atoms with van der Waals surface area (Å²) < 4.78 is 0. The third kappa shape index (κ3) is 5.08. The summed E-state index contributed by atoms with van der Waals surface area (Å²) >= 11 is 1.78. The molecule has 0 saturated carbocycles. The largest absolute Gasteiger partial charge is 0.352 e. The van der Waals surface area contributed by atoms with E-state index in [0.717, 1.165) is 17.9 Å². The van der Waals surface area contributed by atoms with E-state index in [1.54, 1.807) is 23.9 Å². The van der Waals surface area contributed by atoms with E-state index < -0.39 is 0 Å². The van der Waals surface area contributed by atoms with Crippen LogP contribution >= 0.6 is 11.8 Å². The lowest BCUT2D eigenvalue weighted by atomic mass is 10.1. The maximum atomic E-state index is 12.1. The Morgan fingerprint density at radius 2 is 2.26 bits per heavy atom. The summed E-state index contributed by atoms with van der Waals surface area (Å²) in [5.41, 5.74) is 3.93. The van der Waals surface area contributed by atoms with Crippen molar-refractivity contribution in [1.82, 2.24) is 10.3 Å². The van der Waals surface area contributed by atoms with Gasteiger partial charge in [0.15, 0.2) is 0 Å². The standard InChI is InChI=1S/C13H22N4OS/c1-4-11-5-10(6-12(16-11)17-14)13(18)15-7-9(2)8-19-3/h5-6,9H,4,7-8,14H2,1-3H3,(H,15,18)(H,16,17). The van der Waals surface area contributed by atoms with E-state index in [2.05, 4.69) is 28.9 Å². The van der Waals surface area contributed by atoms with Gasteiger partial charge in [0.25, 0.3) is 5.91 Å². The number of thioether (sulfide) groups is 1. The highest BCUT2D eigenvalue weighted by atomic mass is 32.2. The molecule has 0 aliphatic rings. The second-order valence-corrected chi connectivity index (χ2v) is 5.41. The van der Waals surface area contributed by atoms with Gasteiger partial charge in [0.05, 0.1) is 0 Å². The molecule has 106 valence electrons. The number of nitrogens with one attached hydrogen (secondary N) is 2. The first-order valence-corrected chi connectivity index (χ1v) is 7.74. The highest BCUT2D eigenvalue weighted by molar-refractivity contribution is 7.98. The molecule has 1 rings (SSSR count). The fraction of sp³-hybridized carbons (Fsp3) is 0.538. The van der Waals surface area contributed by atoms with Crippen LogP contribution in [0.3, 0.4) is 0 Å². The van der Waals surface area contributed by atoms with E-state index in [4.69, 9.17) is 5.84 Å². The molecule has 1 aromatic heterocycles. The van der Waals surface area contributed by atoms with Crippen molar-refractivity contribution in [3.63, 3.8) is 0 Å². The number of rotatable bonds is 7. The molecule has 0 radical (unpaired) electrons. The van der Waals surface area contributed by atoms with Gasteiger partial charge in [0, 0.05) is 17.8 Å². The van der Waals surface area contributed by atoms with Crippen LogP contribution < -0.4 is 16.6 Å². The number of carbonyl (C=O) groups is 1. The lowest BCUT2D eigenvalue weighted by Crippen LogP contribution is -2.29. The molecule has 5 nitrogen and oxygen atoms in total. The number of pyridine rings is 1. The molecule has 6 heteroatoms. The molecule has 1 amide bonds. The quantitative estimate of drug-likeness (QED) is 0.523. The molecule has 19 heavy (non-hydrogen) atoms. The molecule has 0 aromatic carbocycles. The predicted octanol–water partition coefficient (Wildman–Crippen LogP) is 1.66. The second-order valence-electron chi connectivity index (χ2n) is 4.50. The van der Waals surface area contributed by atoms with Crippen molar-refractivity contribution in [2.45, 2.75) is 20.3 Å². The van der Waals surface area contributed by atoms with Crippen molar-refractivity contribution < 1.29 is 4.79 Å². The molecule has 0 aliphatic carbocycles. The SMILES string of the molecule is CCc1cc(C(=O)NCC(C)CSC)cc(NN)n1. The highest BCUT2D eigenvalue weighted by Crippen LogP contribution is 2.11. The lowest BCUT2D eigenvalue weighted by molar-refractivity contribution is 0.0949. The smallest absolute Gasteiger partial charge is 0.251 e. The fourth-order valence-corrected chi connectivity index (χ4v) is 2.37. The number of hydrogen-bond donors (Lipinski definition) is 3. The zero-order valence-electron chi connectivity index (χ0n) is 11.7. The van der Waals surface area contributed by atoms with E-state index in [9.17, 15) is 4.79 Å². The molecule has 0 saturated heterocycles. The molecule has 4 N–H and O–H groups in total. The number of anilines is 1. The molecular weight excluding hydrogens is 260 g/mol. The molecule has 0 fully saturated rings. The van der Waals surface area contributed by atoms with Crippen LogP contribution in [0.5, 0.6) is 0 Å². The van der Waals surface area contributed by atoms with Gasteiger partial charge < -0.3 is 10.7 Å². The van der Waals surface area contributed by atoms with Gasteiger partial charge in [-0.2, -0.15) is 11.8 Å². The number of nitrogen functional groups attached to an aromatic ring is 1. The van der Waals surface area contributed by atoms with E-state index in [-0.39, 0.29) is 5.91 Å². The Kier molecular flexibility index (Phi) is 6.66. The van der Waals surface area contributed by atoms with Gasteiger partial charge in [0.1, 0.15) is 5.82 Å². The van der Waals surface area contributed by atoms with Crippen LogP contribution in [0.2, 0.25) is 0 Å². The number of hydrogen-bond acceptors (Lipinski definition) is 5. The van der Waals surface area contributed by atoms with Gasteiger partial charge in [0.2, 0.25) is 0 Å². The molecule has 1 aromatic rings. The predicted molar refractivity (Wildman–Crippen MR) is 81.3 cm³/mol. The molecule has 0 spiro atoms. The summed E-state index contributed by atoms with van der Waals surface area (Å²) in [7, 11) is 0. The van der Waals surface area contributed by atoms with Crippen LogP contribution in [-0.4, -0.2) is 29.4 Å². The van der Waals surface area contributed by atoms with E-state index in [0.29, 0.717) is 23.8 Å². The number of nitrogens with two attached hydrogens (primary N) is 1. The average molecular weight is 282 g/mol. The fourth-order valence-electron chi connectivity index (χ4n) is 1.69. The molecular formula is C13H22N4OS. The number of hydrazine groups is 1. The summed E-state index contributed by atoms with van der Waals surface area (Å²) in [6.45, 7) is 4.79. The first kappa shape index (κ1) is 15.8. The molecule has 1 heterocycles. The Balaban J connectivity index is 2.70. The zero-order chi connectivity index (χ0) is 14.3. The minimum absolute atomic E-state index is 0.0819. The number of nitrogens with zero attached hydrogens (tertiary/aromatic N) is 1. The van der Waals surface area contributed by atoms with Gasteiger partial charge >= 0.3 is 0 Å². The summed E-state index contributed by atoms with van der Waals surface area (Å²) in [6.07, 6.45) is 2.83. The Hall–Kier alpha value is -1.27. The topological polar surface area (TPSA) is 80.0 Å². The molecule has 1 atom stereocenters. The van der Waals surface area contributed by atoms with Crippen molar-refractivity contribution in [3.05, 3.63) is 23.4 Å². The highest BCUT2D eigenvalue weighted by Gasteiger charge is 2.10. The summed E-state index contributed by atoms with van der Waals surface area (Å²) in [6, 6.07) is 3.46. The Bertz CT molecular complexity index is 403. The van der Waals surface area contributed by atoms with Crippen LogP contribution in [0.15, 0.2) is 12.1 Å². The Morgan fingerprint density at radius 1 is 1.53 bits per heavy atom. The van der Waals surface area contributed by atoms with Crippen molar-refractivity contribution >= 4 is 23.5 Å². The maximum absolute atomic E-state index is 12.1. The first-order chi connectivity index (χ1) is 9.10. The summed E-state index contributed by atoms with van der Waals surface area (Å²) in [5.74, 6) is 7.28. The van der Waals surface area contributed by atoms with Crippen LogP contribution in [0.1, 0.15) is 29.9 Å². The first-order valence-electron chi connectivity index (χ1n) is 6.35. The van der Waals surface area contributed by atoms with Crippen molar-refractivity contribution in [3.8, 4) is 0 Å². The Morgan fingerprint density at radius 3 is 2.84 bits per heavy atom. The number of amides is 1.